The second-order valence-electron chi connectivity index (χ2n) is 6.88. The number of rotatable bonds is 8. The van der Waals surface area contributed by atoms with Crippen LogP contribution in [0.4, 0.5) is 4.39 Å². The van der Waals surface area contributed by atoms with E-state index in [0.29, 0.717) is 35.1 Å². The van der Waals surface area contributed by atoms with E-state index in [0.717, 1.165) is 16.5 Å². The molecular formula is C23H20ClFN2O3. The minimum absolute atomic E-state index is 0.154. The van der Waals surface area contributed by atoms with Crippen molar-refractivity contribution in [2.24, 2.45) is 0 Å². The number of aliphatic hydroxyl groups excluding tert-OH is 1. The Morgan fingerprint density at radius 1 is 1.10 bits per heavy atom. The van der Waals surface area contributed by atoms with Gasteiger partial charge in [-0.25, -0.2) is 4.39 Å². The van der Waals surface area contributed by atoms with Crippen LogP contribution in [0.3, 0.4) is 0 Å². The fraction of sp³-hybridized carbons (Fsp3) is 0.174. The molecule has 0 spiro atoms. The van der Waals surface area contributed by atoms with Gasteiger partial charge in [0.15, 0.2) is 5.58 Å². The van der Waals surface area contributed by atoms with Crippen molar-refractivity contribution in [3.8, 4) is 17.0 Å². The molecular weight excluding hydrogens is 407 g/mol. The first-order valence-corrected chi connectivity index (χ1v) is 9.88. The van der Waals surface area contributed by atoms with E-state index in [4.69, 9.17) is 20.9 Å². The van der Waals surface area contributed by atoms with E-state index in [1.165, 1.54) is 12.1 Å². The molecule has 0 aliphatic carbocycles. The van der Waals surface area contributed by atoms with E-state index >= 15 is 0 Å². The number of hydrogen-bond donors (Lipinski definition) is 2. The Bertz CT molecular complexity index is 1130. The van der Waals surface area contributed by atoms with Gasteiger partial charge in [-0.1, -0.05) is 35.0 Å². The molecule has 0 aliphatic rings. The first kappa shape index (κ1) is 20.3. The smallest absolute Gasteiger partial charge is 0.170 e. The zero-order valence-corrected chi connectivity index (χ0v) is 16.8. The molecule has 4 aromatic rings. The molecule has 0 fully saturated rings. The fourth-order valence-corrected chi connectivity index (χ4v) is 3.30. The quantitative estimate of drug-likeness (QED) is 0.423. The molecule has 0 unspecified atom stereocenters. The van der Waals surface area contributed by atoms with Crippen LogP contribution in [-0.4, -0.2) is 29.5 Å². The molecule has 2 N–H and O–H groups in total. The van der Waals surface area contributed by atoms with Crippen LogP contribution in [0, 0.1) is 5.82 Å². The van der Waals surface area contributed by atoms with Gasteiger partial charge >= 0.3 is 0 Å². The summed E-state index contributed by atoms with van der Waals surface area (Å²) in [5.41, 5.74) is 2.85. The average molecular weight is 427 g/mol. The van der Waals surface area contributed by atoms with E-state index in [2.05, 4.69) is 10.5 Å². The minimum atomic E-state index is -0.665. The standard InChI is InChI=1S/C23H20ClFN2O3/c24-21-4-2-1-3-16(21)12-26-13-18(28)14-29-19-8-5-15(6-9-19)23-20-10-7-17(25)11-22(20)30-27-23/h1-11,18,26,28H,12-14H2/t18-/m1/s1. The lowest BCUT2D eigenvalue weighted by molar-refractivity contribution is 0.106. The summed E-state index contributed by atoms with van der Waals surface area (Å²) in [6.45, 7) is 1.10. The number of nitrogens with one attached hydrogen (secondary N) is 1. The highest BCUT2D eigenvalue weighted by atomic mass is 35.5. The summed E-state index contributed by atoms with van der Waals surface area (Å²) in [5, 5.41) is 18.8. The predicted octanol–water partition coefficient (Wildman–Crippen LogP) is 4.82. The van der Waals surface area contributed by atoms with Gasteiger partial charge in [0.05, 0.1) is 0 Å². The number of fused-ring (bicyclic) bond motifs is 1. The van der Waals surface area contributed by atoms with Crippen LogP contribution >= 0.6 is 11.6 Å². The monoisotopic (exact) mass is 426 g/mol. The van der Waals surface area contributed by atoms with Crippen molar-refractivity contribution in [3.05, 3.63) is 83.1 Å². The minimum Gasteiger partial charge on any atom is -0.491 e. The zero-order valence-electron chi connectivity index (χ0n) is 16.0. The van der Waals surface area contributed by atoms with Crippen molar-refractivity contribution in [2.45, 2.75) is 12.6 Å². The number of aliphatic hydroxyl groups is 1. The Morgan fingerprint density at radius 2 is 1.90 bits per heavy atom. The van der Waals surface area contributed by atoms with Gasteiger partial charge in [-0.3, -0.25) is 0 Å². The van der Waals surface area contributed by atoms with Gasteiger partial charge in [-0.2, -0.15) is 0 Å². The second kappa shape index (κ2) is 9.26. The largest absolute Gasteiger partial charge is 0.491 e. The summed E-state index contributed by atoms with van der Waals surface area (Å²) in [7, 11) is 0. The molecule has 1 heterocycles. The molecule has 0 radical (unpaired) electrons. The molecule has 0 aliphatic heterocycles. The summed E-state index contributed by atoms with van der Waals surface area (Å²) in [5.74, 6) is 0.261. The predicted molar refractivity (Wildman–Crippen MR) is 114 cm³/mol. The zero-order chi connectivity index (χ0) is 20.9. The maximum absolute atomic E-state index is 13.3. The first-order chi connectivity index (χ1) is 14.6. The summed E-state index contributed by atoms with van der Waals surface area (Å²) in [4.78, 5) is 0. The molecule has 4 rings (SSSR count). The Hall–Kier alpha value is -2.93. The van der Waals surface area contributed by atoms with Crippen molar-refractivity contribution in [3.63, 3.8) is 0 Å². The van der Waals surface area contributed by atoms with Gasteiger partial charge < -0.3 is 19.7 Å². The molecule has 1 atom stereocenters. The van der Waals surface area contributed by atoms with Crippen LogP contribution in [0.1, 0.15) is 5.56 Å². The number of hydrogen-bond acceptors (Lipinski definition) is 5. The lowest BCUT2D eigenvalue weighted by atomic mass is 10.1. The Labute approximate surface area is 178 Å². The molecule has 0 saturated heterocycles. The van der Waals surface area contributed by atoms with Crippen molar-refractivity contribution in [1.82, 2.24) is 10.5 Å². The highest BCUT2D eigenvalue weighted by Crippen LogP contribution is 2.29. The van der Waals surface area contributed by atoms with Gasteiger partial charge in [0.2, 0.25) is 0 Å². The van der Waals surface area contributed by atoms with Crippen LogP contribution in [0.5, 0.6) is 5.75 Å². The molecule has 5 nitrogen and oxygen atoms in total. The van der Waals surface area contributed by atoms with Gasteiger partial charge in [0, 0.05) is 35.1 Å². The molecule has 0 amide bonds. The number of nitrogens with zero attached hydrogens (tertiary/aromatic N) is 1. The Kier molecular flexibility index (Phi) is 6.28. The van der Waals surface area contributed by atoms with Gasteiger partial charge in [-0.15, -0.1) is 0 Å². The maximum Gasteiger partial charge on any atom is 0.170 e. The number of ether oxygens (including phenoxy) is 1. The van der Waals surface area contributed by atoms with Gasteiger partial charge in [0.1, 0.15) is 30.0 Å². The Morgan fingerprint density at radius 3 is 2.70 bits per heavy atom. The van der Waals surface area contributed by atoms with Crippen molar-refractivity contribution >= 4 is 22.6 Å². The van der Waals surface area contributed by atoms with Gasteiger partial charge in [0.25, 0.3) is 0 Å². The van der Waals surface area contributed by atoms with Crippen molar-refractivity contribution in [1.29, 1.82) is 0 Å². The third kappa shape index (κ3) is 4.79. The third-order valence-electron chi connectivity index (χ3n) is 4.66. The summed E-state index contributed by atoms with van der Waals surface area (Å²) >= 11 is 6.12. The lowest BCUT2D eigenvalue weighted by Gasteiger charge is -2.14. The number of benzene rings is 3. The molecule has 154 valence electrons. The molecule has 3 aromatic carbocycles. The number of halogens is 2. The molecule has 30 heavy (non-hydrogen) atoms. The first-order valence-electron chi connectivity index (χ1n) is 9.50. The normalized spacial score (nSPS) is 12.2. The van der Waals surface area contributed by atoms with Crippen LogP contribution in [0.15, 0.2) is 71.3 Å². The van der Waals surface area contributed by atoms with E-state index in [1.807, 2.05) is 36.4 Å². The van der Waals surface area contributed by atoms with E-state index in [-0.39, 0.29) is 12.4 Å². The lowest BCUT2D eigenvalue weighted by Crippen LogP contribution is -2.31. The molecule has 7 heteroatoms. The molecule has 1 aromatic heterocycles. The second-order valence-corrected chi connectivity index (χ2v) is 7.29. The molecule has 0 bridgehead atoms. The highest BCUT2D eigenvalue weighted by molar-refractivity contribution is 6.31. The van der Waals surface area contributed by atoms with E-state index in [9.17, 15) is 9.50 Å². The topological polar surface area (TPSA) is 67.5 Å². The van der Waals surface area contributed by atoms with Crippen LogP contribution in [-0.2, 0) is 6.54 Å². The highest BCUT2D eigenvalue weighted by Gasteiger charge is 2.12. The molecule has 0 saturated carbocycles. The van der Waals surface area contributed by atoms with E-state index in [1.54, 1.807) is 18.2 Å². The maximum atomic E-state index is 13.3. The third-order valence-corrected chi connectivity index (χ3v) is 5.03. The summed E-state index contributed by atoms with van der Waals surface area (Å²) < 4.78 is 24.2. The average Bonchev–Trinajstić information content (AvgIpc) is 3.17. The summed E-state index contributed by atoms with van der Waals surface area (Å²) in [6.07, 6.45) is -0.665. The van der Waals surface area contributed by atoms with Gasteiger partial charge in [-0.05, 0) is 48.0 Å². The summed E-state index contributed by atoms with van der Waals surface area (Å²) in [6, 6.07) is 19.2. The van der Waals surface area contributed by atoms with Crippen molar-refractivity contribution in [2.75, 3.05) is 13.2 Å². The van der Waals surface area contributed by atoms with E-state index < -0.39 is 6.10 Å². The SMILES string of the molecule is O[C@H](CNCc1ccccc1Cl)COc1ccc(-c2noc3cc(F)ccc23)cc1. The van der Waals surface area contributed by atoms with Crippen LogP contribution in [0.2, 0.25) is 5.02 Å². The number of aromatic nitrogens is 1. The fourth-order valence-electron chi connectivity index (χ4n) is 3.10. The van der Waals surface area contributed by atoms with Crippen LogP contribution < -0.4 is 10.1 Å². The Balaban J connectivity index is 1.29. The van der Waals surface area contributed by atoms with Crippen LogP contribution in [0.25, 0.3) is 22.2 Å². The van der Waals surface area contributed by atoms with Crippen molar-refractivity contribution < 1.29 is 18.8 Å².